The van der Waals surface area contributed by atoms with Gasteiger partial charge in [0.25, 0.3) is 0 Å². The molecule has 3 aromatic heterocycles. The summed E-state index contributed by atoms with van der Waals surface area (Å²) in [7, 11) is 1.87. The van der Waals surface area contributed by atoms with Crippen molar-refractivity contribution in [1.82, 2.24) is 30.0 Å². The average molecular weight is 536 g/mol. The van der Waals surface area contributed by atoms with Gasteiger partial charge >= 0.3 is 0 Å². The lowest BCUT2D eigenvalue weighted by molar-refractivity contribution is 0.156. The van der Waals surface area contributed by atoms with Gasteiger partial charge in [-0.25, -0.2) is 19.3 Å². The van der Waals surface area contributed by atoms with Crippen LogP contribution < -0.4 is 20.1 Å². The SMILES string of the molecule is Cc1c(Oc2ccc3cn(C)nc3c2)ccc(Nc2ncnc3ccc(OC4CCNCC4)nc23)c1F.Cl. The van der Waals surface area contributed by atoms with Crippen molar-refractivity contribution in [3.8, 4) is 17.4 Å². The Kier molecular flexibility index (Phi) is 7.26. The van der Waals surface area contributed by atoms with Gasteiger partial charge in [0.15, 0.2) is 11.6 Å². The maximum Gasteiger partial charge on any atom is 0.214 e. The number of halogens is 2. The number of fused-ring (bicyclic) bond motifs is 2. The maximum atomic E-state index is 15.4. The second-order valence-electron chi connectivity index (χ2n) is 9.11. The van der Waals surface area contributed by atoms with Crippen molar-refractivity contribution in [2.75, 3.05) is 18.4 Å². The molecule has 1 fully saturated rings. The van der Waals surface area contributed by atoms with Gasteiger partial charge in [-0.05, 0) is 63.2 Å². The molecular formula is C27H27ClFN7O2. The largest absolute Gasteiger partial charge is 0.474 e. The average Bonchev–Trinajstić information content (AvgIpc) is 3.28. The van der Waals surface area contributed by atoms with Crippen molar-refractivity contribution in [2.45, 2.75) is 25.9 Å². The lowest BCUT2D eigenvalue weighted by Gasteiger charge is -2.23. The van der Waals surface area contributed by atoms with Crippen LogP contribution in [0.15, 0.2) is 55.0 Å². The van der Waals surface area contributed by atoms with E-state index in [9.17, 15) is 0 Å². The van der Waals surface area contributed by atoms with Crippen molar-refractivity contribution < 1.29 is 13.9 Å². The van der Waals surface area contributed by atoms with E-state index < -0.39 is 5.82 Å². The van der Waals surface area contributed by atoms with E-state index in [4.69, 9.17) is 9.47 Å². The molecule has 11 heteroatoms. The van der Waals surface area contributed by atoms with Gasteiger partial charge in [-0.2, -0.15) is 5.10 Å². The third kappa shape index (κ3) is 5.18. The number of piperidine rings is 1. The van der Waals surface area contributed by atoms with Gasteiger partial charge in [-0.3, -0.25) is 4.68 Å². The molecule has 9 nitrogen and oxygen atoms in total. The van der Waals surface area contributed by atoms with Crippen LogP contribution in [0.1, 0.15) is 18.4 Å². The second-order valence-corrected chi connectivity index (χ2v) is 9.11. The van der Waals surface area contributed by atoms with Crippen molar-refractivity contribution in [3.63, 3.8) is 0 Å². The molecule has 0 bridgehead atoms. The summed E-state index contributed by atoms with van der Waals surface area (Å²) in [5.74, 6) is 1.46. The quantitative estimate of drug-likeness (QED) is 0.296. The Morgan fingerprint density at radius 1 is 1.05 bits per heavy atom. The molecule has 1 aliphatic heterocycles. The molecule has 0 aliphatic carbocycles. The molecule has 38 heavy (non-hydrogen) atoms. The summed E-state index contributed by atoms with van der Waals surface area (Å²) < 4.78 is 29.3. The summed E-state index contributed by atoms with van der Waals surface area (Å²) in [5.41, 5.74) is 2.58. The highest BCUT2D eigenvalue weighted by atomic mass is 35.5. The molecule has 1 saturated heterocycles. The number of aromatic nitrogens is 5. The Balaban J connectivity index is 0.00000294. The fourth-order valence-corrected chi connectivity index (χ4v) is 4.48. The van der Waals surface area contributed by atoms with Crippen LogP contribution >= 0.6 is 12.4 Å². The number of rotatable bonds is 6. The Morgan fingerprint density at radius 2 is 1.89 bits per heavy atom. The van der Waals surface area contributed by atoms with E-state index in [0.29, 0.717) is 39.8 Å². The summed E-state index contributed by atoms with van der Waals surface area (Å²) >= 11 is 0. The Bertz CT molecular complexity index is 1600. The van der Waals surface area contributed by atoms with Crippen molar-refractivity contribution >= 4 is 45.8 Å². The fourth-order valence-electron chi connectivity index (χ4n) is 4.48. The molecule has 1 aliphatic rings. The minimum atomic E-state index is -0.440. The third-order valence-electron chi connectivity index (χ3n) is 6.44. The number of anilines is 2. The maximum absolute atomic E-state index is 15.4. The molecule has 5 aromatic rings. The zero-order valence-corrected chi connectivity index (χ0v) is 21.8. The van der Waals surface area contributed by atoms with E-state index in [2.05, 4.69) is 30.7 Å². The summed E-state index contributed by atoms with van der Waals surface area (Å²) in [6.07, 6.45) is 5.31. The lowest BCUT2D eigenvalue weighted by atomic mass is 10.1. The van der Waals surface area contributed by atoms with Crippen LogP contribution in [0.3, 0.4) is 0 Å². The number of nitrogens with one attached hydrogen (secondary N) is 2. The number of pyridine rings is 1. The van der Waals surface area contributed by atoms with Gasteiger partial charge in [0.1, 0.15) is 29.4 Å². The van der Waals surface area contributed by atoms with Crippen molar-refractivity contribution in [1.29, 1.82) is 0 Å². The number of ether oxygens (including phenoxy) is 2. The summed E-state index contributed by atoms with van der Waals surface area (Å²) in [6, 6.07) is 12.6. The molecule has 4 heterocycles. The summed E-state index contributed by atoms with van der Waals surface area (Å²) in [4.78, 5) is 13.3. The monoisotopic (exact) mass is 535 g/mol. The molecule has 2 N–H and O–H groups in total. The van der Waals surface area contributed by atoms with Crippen molar-refractivity contribution in [2.24, 2.45) is 7.05 Å². The molecule has 0 unspecified atom stereocenters. The minimum Gasteiger partial charge on any atom is -0.474 e. The van der Waals surface area contributed by atoms with Gasteiger partial charge in [0, 0.05) is 36.3 Å². The zero-order chi connectivity index (χ0) is 25.4. The molecule has 0 atom stereocenters. The van der Waals surface area contributed by atoms with E-state index in [1.807, 2.05) is 37.5 Å². The van der Waals surface area contributed by atoms with E-state index >= 15 is 4.39 Å². The predicted molar refractivity (Wildman–Crippen MR) is 146 cm³/mol. The smallest absolute Gasteiger partial charge is 0.214 e. The highest BCUT2D eigenvalue weighted by molar-refractivity contribution is 5.87. The second kappa shape index (κ2) is 10.8. The summed E-state index contributed by atoms with van der Waals surface area (Å²) in [5, 5.41) is 11.8. The van der Waals surface area contributed by atoms with Crippen LogP contribution in [0.4, 0.5) is 15.9 Å². The molecule has 0 radical (unpaired) electrons. The Labute approximate surface area is 224 Å². The summed E-state index contributed by atoms with van der Waals surface area (Å²) in [6.45, 7) is 3.52. The van der Waals surface area contributed by atoms with Gasteiger partial charge < -0.3 is 20.1 Å². The van der Waals surface area contributed by atoms with E-state index in [1.54, 1.807) is 29.8 Å². The molecular weight excluding hydrogens is 509 g/mol. The molecule has 2 aromatic carbocycles. The molecule has 0 saturated carbocycles. The van der Waals surface area contributed by atoms with Crippen LogP contribution in [0.25, 0.3) is 21.9 Å². The number of nitrogens with zero attached hydrogens (tertiary/aromatic N) is 5. The number of benzene rings is 2. The van der Waals surface area contributed by atoms with E-state index in [1.165, 1.54) is 6.33 Å². The molecule has 196 valence electrons. The van der Waals surface area contributed by atoms with Crippen LogP contribution in [-0.2, 0) is 7.05 Å². The normalized spacial score (nSPS) is 13.9. The lowest BCUT2D eigenvalue weighted by Crippen LogP contribution is -2.34. The van der Waals surface area contributed by atoms with Crippen LogP contribution in [0, 0.1) is 12.7 Å². The van der Waals surface area contributed by atoms with Crippen LogP contribution in [0.2, 0.25) is 0 Å². The zero-order valence-electron chi connectivity index (χ0n) is 20.9. The Morgan fingerprint density at radius 3 is 2.74 bits per heavy atom. The number of aryl methyl sites for hydroxylation is 1. The number of hydrogen-bond acceptors (Lipinski definition) is 8. The topological polar surface area (TPSA) is 99.0 Å². The van der Waals surface area contributed by atoms with Gasteiger partial charge in [0.2, 0.25) is 5.88 Å². The fraction of sp³-hybridized carbons (Fsp3) is 0.259. The number of hydrogen-bond donors (Lipinski definition) is 2. The standard InChI is InChI=1S/C27H26FN7O2.ClH/c1-16-23(36-19-4-3-17-14-35(2)34-22(17)13-19)7-5-20(25(16)28)32-27-26-21(30-15-31-27)6-8-24(33-26)37-18-9-11-29-12-10-18;/h3-8,13-15,18,29H,9-12H2,1-2H3,(H,30,31,32);1H. The molecule has 0 amide bonds. The van der Waals surface area contributed by atoms with Crippen molar-refractivity contribution in [3.05, 3.63) is 66.4 Å². The van der Waals surface area contributed by atoms with Crippen LogP contribution in [-0.4, -0.2) is 43.9 Å². The van der Waals surface area contributed by atoms with E-state index in [-0.39, 0.29) is 24.2 Å². The predicted octanol–water partition coefficient (Wildman–Crippen LogP) is 5.45. The first-order valence-corrected chi connectivity index (χ1v) is 12.2. The third-order valence-corrected chi connectivity index (χ3v) is 6.44. The van der Waals surface area contributed by atoms with Crippen LogP contribution in [0.5, 0.6) is 17.4 Å². The minimum absolute atomic E-state index is 0. The Hall–Kier alpha value is -4.02. The highest BCUT2D eigenvalue weighted by Crippen LogP contribution is 2.33. The first kappa shape index (κ1) is 25.6. The molecule has 0 spiro atoms. The van der Waals surface area contributed by atoms with Gasteiger partial charge in [-0.15, -0.1) is 12.4 Å². The van der Waals surface area contributed by atoms with E-state index in [0.717, 1.165) is 36.8 Å². The molecule has 6 rings (SSSR count). The van der Waals surface area contributed by atoms with Gasteiger partial charge in [0.05, 0.1) is 16.7 Å². The van der Waals surface area contributed by atoms with Gasteiger partial charge in [-0.1, -0.05) is 0 Å². The first-order valence-electron chi connectivity index (χ1n) is 12.2. The highest BCUT2D eigenvalue weighted by Gasteiger charge is 2.18. The first-order chi connectivity index (χ1) is 18.0.